The summed E-state index contributed by atoms with van der Waals surface area (Å²) < 4.78 is 5.57. The summed E-state index contributed by atoms with van der Waals surface area (Å²) in [6.07, 6.45) is 4.01. The van der Waals surface area contributed by atoms with Gasteiger partial charge in [0.05, 0.1) is 12.2 Å². The van der Waals surface area contributed by atoms with Crippen LogP contribution >= 0.6 is 0 Å². The molecule has 14 heavy (non-hydrogen) atoms. The molecule has 3 nitrogen and oxygen atoms in total. The fraction of sp³-hybridized carbons (Fsp3) is 0.455. The molecule has 1 rings (SSSR count). The second kappa shape index (κ2) is 4.33. The first-order valence-electron chi connectivity index (χ1n) is 4.55. The smallest absolute Gasteiger partial charge is 0.151 e. The molecule has 0 saturated heterocycles. The average Bonchev–Trinajstić information content (AvgIpc) is 2.14. The van der Waals surface area contributed by atoms with Gasteiger partial charge in [-0.2, -0.15) is 0 Å². The van der Waals surface area contributed by atoms with Gasteiger partial charge in [-0.3, -0.25) is 9.78 Å². The molecule has 1 heterocycles. The minimum Gasteiger partial charge on any atom is -0.371 e. The van der Waals surface area contributed by atoms with E-state index >= 15 is 0 Å². The SMILES string of the molecule is CC(C)(C)OCc1ccncc1C=O. The number of nitrogens with zero attached hydrogens (tertiary/aromatic N) is 1. The molecule has 0 bridgehead atoms. The summed E-state index contributed by atoms with van der Waals surface area (Å²) in [4.78, 5) is 14.5. The van der Waals surface area contributed by atoms with E-state index in [4.69, 9.17) is 4.74 Å². The Labute approximate surface area is 84.1 Å². The van der Waals surface area contributed by atoms with Crippen LogP contribution in [0.25, 0.3) is 0 Å². The maximum absolute atomic E-state index is 10.7. The highest BCUT2D eigenvalue weighted by molar-refractivity contribution is 5.76. The summed E-state index contributed by atoms with van der Waals surface area (Å²) >= 11 is 0. The van der Waals surface area contributed by atoms with Crippen LogP contribution in [0.3, 0.4) is 0 Å². The lowest BCUT2D eigenvalue weighted by molar-refractivity contribution is -0.0151. The molecule has 0 amide bonds. The Morgan fingerprint density at radius 2 is 2.21 bits per heavy atom. The molecule has 1 aromatic rings. The molecule has 0 fully saturated rings. The molecular formula is C11H15NO2. The summed E-state index contributed by atoms with van der Waals surface area (Å²) in [6.45, 7) is 6.39. The highest BCUT2D eigenvalue weighted by Crippen LogP contribution is 2.13. The van der Waals surface area contributed by atoms with Crippen molar-refractivity contribution >= 4 is 6.29 Å². The average molecular weight is 193 g/mol. The predicted molar refractivity (Wildman–Crippen MR) is 54.2 cm³/mol. The Balaban J connectivity index is 2.71. The second-order valence-electron chi connectivity index (χ2n) is 4.09. The van der Waals surface area contributed by atoms with Crippen molar-refractivity contribution < 1.29 is 9.53 Å². The van der Waals surface area contributed by atoms with Crippen molar-refractivity contribution in [2.75, 3.05) is 0 Å². The molecular weight excluding hydrogens is 178 g/mol. The van der Waals surface area contributed by atoms with Crippen molar-refractivity contribution in [3.63, 3.8) is 0 Å². The van der Waals surface area contributed by atoms with Gasteiger partial charge in [-0.05, 0) is 32.4 Å². The number of aromatic nitrogens is 1. The standard InChI is InChI=1S/C11H15NO2/c1-11(2,3)14-8-9-4-5-12-6-10(9)7-13/h4-7H,8H2,1-3H3. The Bertz CT molecular complexity index is 315. The Kier molecular flexibility index (Phi) is 3.36. The van der Waals surface area contributed by atoms with E-state index in [0.29, 0.717) is 12.2 Å². The molecule has 1 aromatic heterocycles. The van der Waals surface area contributed by atoms with E-state index in [0.717, 1.165) is 11.8 Å². The first-order valence-corrected chi connectivity index (χ1v) is 4.55. The van der Waals surface area contributed by atoms with Crippen LogP contribution in [0.1, 0.15) is 36.7 Å². The lowest BCUT2D eigenvalue weighted by Gasteiger charge is -2.19. The van der Waals surface area contributed by atoms with Gasteiger partial charge < -0.3 is 4.74 Å². The van der Waals surface area contributed by atoms with Gasteiger partial charge in [-0.25, -0.2) is 0 Å². The first-order chi connectivity index (χ1) is 6.53. The molecule has 0 aromatic carbocycles. The van der Waals surface area contributed by atoms with E-state index in [2.05, 4.69) is 4.98 Å². The minimum atomic E-state index is -0.191. The van der Waals surface area contributed by atoms with E-state index in [-0.39, 0.29) is 5.60 Å². The Morgan fingerprint density at radius 1 is 1.50 bits per heavy atom. The van der Waals surface area contributed by atoms with E-state index in [9.17, 15) is 4.79 Å². The Morgan fingerprint density at radius 3 is 2.79 bits per heavy atom. The molecule has 76 valence electrons. The van der Waals surface area contributed by atoms with Gasteiger partial charge in [0, 0.05) is 18.0 Å². The van der Waals surface area contributed by atoms with Crippen molar-refractivity contribution in [1.29, 1.82) is 0 Å². The van der Waals surface area contributed by atoms with Crippen LogP contribution in [0.2, 0.25) is 0 Å². The number of pyridine rings is 1. The summed E-state index contributed by atoms with van der Waals surface area (Å²) in [5.41, 5.74) is 1.28. The molecule has 0 aliphatic rings. The molecule has 0 atom stereocenters. The molecule has 0 spiro atoms. The lowest BCUT2D eigenvalue weighted by atomic mass is 10.1. The highest BCUT2D eigenvalue weighted by atomic mass is 16.5. The summed E-state index contributed by atoms with van der Waals surface area (Å²) in [7, 11) is 0. The maximum Gasteiger partial charge on any atom is 0.151 e. The number of carbonyl (C=O) groups excluding carboxylic acids is 1. The normalized spacial score (nSPS) is 11.4. The molecule has 0 unspecified atom stereocenters. The molecule has 0 saturated carbocycles. The van der Waals surface area contributed by atoms with Crippen LogP contribution in [0, 0.1) is 0 Å². The number of hydrogen-bond donors (Lipinski definition) is 0. The number of ether oxygens (including phenoxy) is 1. The summed E-state index contributed by atoms with van der Waals surface area (Å²) in [5, 5.41) is 0. The molecule has 0 aliphatic carbocycles. The van der Waals surface area contributed by atoms with E-state index in [1.807, 2.05) is 20.8 Å². The van der Waals surface area contributed by atoms with Gasteiger partial charge in [-0.1, -0.05) is 0 Å². The highest BCUT2D eigenvalue weighted by Gasteiger charge is 2.11. The van der Waals surface area contributed by atoms with Crippen molar-refractivity contribution in [3.8, 4) is 0 Å². The topological polar surface area (TPSA) is 39.2 Å². The number of hydrogen-bond acceptors (Lipinski definition) is 3. The second-order valence-corrected chi connectivity index (χ2v) is 4.09. The van der Waals surface area contributed by atoms with Crippen molar-refractivity contribution in [2.45, 2.75) is 33.0 Å². The van der Waals surface area contributed by atoms with Gasteiger partial charge in [0.15, 0.2) is 6.29 Å². The van der Waals surface area contributed by atoms with Crippen LogP contribution < -0.4 is 0 Å². The first kappa shape index (κ1) is 10.9. The molecule has 0 aliphatic heterocycles. The number of carbonyl (C=O) groups is 1. The number of aldehydes is 1. The molecule has 0 radical (unpaired) electrons. The Hall–Kier alpha value is -1.22. The molecule has 0 N–H and O–H groups in total. The predicted octanol–water partition coefficient (Wildman–Crippen LogP) is 2.21. The fourth-order valence-corrected chi connectivity index (χ4v) is 0.967. The van der Waals surface area contributed by atoms with Crippen LogP contribution in [0.4, 0.5) is 0 Å². The van der Waals surface area contributed by atoms with Crippen LogP contribution in [0.15, 0.2) is 18.5 Å². The summed E-state index contributed by atoms with van der Waals surface area (Å²) in [5.74, 6) is 0. The van der Waals surface area contributed by atoms with Crippen LogP contribution in [0.5, 0.6) is 0 Å². The van der Waals surface area contributed by atoms with Crippen molar-refractivity contribution in [2.24, 2.45) is 0 Å². The zero-order valence-electron chi connectivity index (χ0n) is 8.78. The van der Waals surface area contributed by atoms with E-state index in [1.165, 1.54) is 0 Å². The van der Waals surface area contributed by atoms with Crippen molar-refractivity contribution in [3.05, 3.63) is 29.6 Å². The molecule has 3 heteroatoms. The van der Waals surface area contributed by atoms with Gasteiger partial charge in [-0.15, -0.1) is 0 Å². The quantitative estimate of drug-likeness (QED) is 0.691. The fourth-order valence-electron chi connectivity index (χ4n) is 0.967. The van der Waals surface area contributed by atoms with E-state index < -0.39 is 0 Å². The third kappa shape index (κ3) is 3.26. The van der Waals surface area contributed by atoms with E-state index in [1.54, 1.807) is 18.5 Å². The van der Waals surface area contributed by atoms with Crippen LogP contribution in [-0.2, 0) is 11.3 Å². The lowest BCUT2D eigenvalue weighted by Crippen LogP contribution is -2.19. The largest absolute Gasteiger partial charge is 0.371 e. The van der Waals surface area contributed by atoms with Gasteiger partial charge in [0.1, 0.15) is 0 Å². The minimum absolute atomic E-state index is 0.191. The monoisotopic (exact) mass is 193 g/mol. The van der Waals surface area contributed by atoms with Crippen molar-refractivity contribution in [1.82, 2.24) is 4.98 Å². The summed E-state index contributed by atoms with van der Waals surface area (Å²) in [6, 6.07) is 1.80. The van der Waals surface area contributed by atoms with Crippen LogP contribution in [-0.4, -0.2) is 16.9 Å². The third-order valence-electron chi connectivity index (χ3n) is 1.73. The van der Waals surface area contributed by atoms with Gasteiger partial charge >= 0.3 is 0 Å². The van der Waals surface area contributed by atoms with Gasteiger partial charge in [0.25, 0.3) is 0 Å². The number of rotatable bonds is 3. The zero-order valence-corrected chi connectivity index (χ0v) is 8.78. The third-order valence-corrected chi connectivity index (χ3v) is 1.73. The van der Waals surface area contributed by atoms with Gasteiger partial charge in [0.2, 0.25) is 0 Å². The maximum atomic E-state index is 10.7. The zero-order chi connectivity index (χ0) is 10.6.